The highest BCUT2D eigenvalue weighted by Crippen LogP contribution is 2.42. The quantitative estimate of drug-likeness (QED) is 0.201. The summed E-state index contributed by atoms with van der Waals surface area (Å²) in [6, 6.07) is 37.2. The van der Waals surface area contributed by atoms with Gasteiger partial charge in [-0.25, -0.2) is 4.98 Å². The van der Waals surface area contributed by atoms with E-state index in [0.717, 1.165) is 77.8 Å². The fraction of sp³-hybridized carbons (Fsp3) is 0.234. The highest BCUT2D eigenvalue weighted by Gasteiger charge is 2.25. The molecule has 0 aliphatic carbocycles. The van der Waals surface area contributed by atoms with Crippen LogP contribution in [0.1, 0.15) is 72.6 Å². The summed E-state index contributed by atoms with van der Waals surface area (Å²) in [4.78, 5) is 14.2. The van der Waals surface area contributed by atoms with Crippen LogP contribution < -0.4 is 0 Å². The van der Waals surface area contributed by atoms with Gasteiger partial charge in [-0.15, -0.1) is 0 Å². The third-order valence-corrected chi connectivity index (χ3v) is 10.7. The Balaban J connectivity index is 1.27. The summed E-state index contributed by atoms with van der Waals surface area (Å²) in [6.45, 7) is 18.2. The van der Waals surface area contributed by atoms with Gasteiger partial charge in [0.05, 0.1) is 16.6 Å². The van der Waals surface area contributed by atoms with Crippen LogP contribution >= 0.6 is 0 Å². The summed E-state index contributed by atoms with van der Waals surface area (Å²) in [5.74, 6) is 0.973. The molecule has 5 nitrogen and oxygen atoms in total. The van der Waals surface area contributed by atoms with Gasteiger partial charge in [0, 0.05) is 56.0 Å². The van der Waals surface area contributed by atoms with Crippen LogP contribution in [0, 0.1) is 0 Å². The summed E-state index contributed by atoms with van der Waals surface area (Å²) >= 11 is 0. The molecule has 0 unspecified atom stereocenters. The Hall–Kier alpha value is -5.68. The smallest absolute Gasteiger partial charge is 0.161 e. The van der Waals surface area contributed by atoms with Crippen molar-refractivity contribution in [1.29, 1.82) is 0 Å². The van der Waals surface area contributed by atoms with Crippen LogP contribution in [0.2, 0.25) is 0 Å². The molecule has 9 aromatic rings. The Morgan fingerprint density at radius 3 is 2.19 bits per heavy atom. The molecule has 0 radical (unpaired) electrons. The molecule has 0 bridgehead atoms. The van der Waals surface area contributed by atoms with Crippen LogP contribution in [0.25, 0.3) is 88.5 Å². The van der Waals surface area contributed by atoms with Gasteiger partial charge in [0.1, 0.15) is 17.1 Å². The van der Waals surface area contributed by atoms with Crippen molar-refractivity contribution < 1.29 is 4.42 Å². The van der Waals surface area contributed by atoms with Crippen LogP contribution in [0.5, 0.6) is 0 Å². The SMILES string of the molecule is CC(C)n1c(-c2cc(C(C)(C)C)cc3c2[nH]c2ccc(C(C)(C)C)cc23)nc2c(-c3cccc(-c4nccc5c4oc4ccccc45)c3)cccc21. The minimum absolute atomic E-state index is 0.0504. The monoisotopic (exact) mass is 680 g/mol. The lowest BCUT2D eigenvalue weighted by Gasteiger charge is -2.22. The molecule has 0 fully saturated rings. The van der Waals surface area contributed by atoms with Crippen LogP contribution in [0.3, 0.4) is 0 Å². The molecular formula is C47H44N4O. The predicted molar refractivity (Wildman–Crippen MR) is 218 cm³/mol. The van der Waals surface area contributed by atoms with Crippen molar-refractivity contribution in [2.45, 2.75) is 72.3 Å². The summed E-state index contributed by atoms with van der Waals surface area (Å²) in [7, 11) is 0. The third kappa shape index (κ3) is 5.05. The first-order valence-electron chi connectivity index (χ1n) is 18.4. The average Bonchev–Trinajstić information content (AvgIpc) is 3.81. The first kappa shape index (κ1) is 32.2. The molecule has 0 aliphatic heterocycles. The highest BCUT2D eigenvalue weighted by atomic mass is 16.3. The number of aromatic amines is 1. The van der Waals surface area contributed by atoms with Crippen molar-refractivity contribution in [2.24, 2.45) is 0 Å². The fourth-order valence-electron chi connectivity index (χ4n) is 7.83. The topological polar surface area (TPSA) is 59.6 Å². The lowest BCUT2D eigenvalue weighted by molar-refractivity contribution is 0.590. The number of hydrogen-bond acceptors (Lipinski definition) is 3. The Labute approximate surface area is 304 Å². The molecule has 258 valence electrons. The van der Waals surface area contributed by atoms with E-state index in [2.05, 4.69) is 150 Å². The number of hydrogen-bond donors (Lipinski definition) is 1. The number of nitrogens with one attached hydrogen (secondary N) is 1. The molecule has 5 heteroatoms. The van der Waals surface area contributed by atoms with E-state index < -0.39 is 0 Å². The van der Waals surface area contributed by atoms with Gasteiger partial charge < -0.3 is 14.0 Å². The van der Waals surface area contributed by atoms with Crippen molar-refractivity contribution in [3.8, 4) is 33.8 Å². The highest BCUT2D eigenvalue weighted by molar-refractivity contribution is 6.13. The molecule has 5 aromatic carbocycles. The molecule has 0 spiro atoms. The lowest BCUT2D eigenvalue weighted by atomic mass is 9.84. The van der Waals surface area contributed by atoms with Gasteiger partial charge in [-0.1, -0.05) is 96.1 Å². The van der Waals surface area contributed by atoms with Crippen molar-refractivity contribution in [3.63, 3.8) is 0 Å². The number of fused-ring (bicyclic) bond motifs is 7. The summed E-state index contributed by atoms with van der Waals surface area (Å²) in [5.41, 5.74) is 13.8. The average molecular weight is 681 g/mol. The molecule has 0 amide bonds. The summed E-state index contributed by atoms with van der Waals surface area (Å²) in [5, 5.41) is 4.67. The van der Waals surface area contributed by atoms with Crippen LogP contribution in [0.4, 0.5) is 0 Å². The van der Waals surface area contributed by atoms with E-state index >= 15 is 0 Å². The maximum absolute atomic E-state index is 6.38. The fourth-order valence-corrected chi connectivity index (χ4v) is 7.83. The van der Waals surface area contributed by atoms with Crippen molar-refractivity contribution >= 4 is 54.8 Å². The van der Waals surface area contributed by atoms with Gasteiger partial charge in [-0.3, -0.25) is 4.98 Å². The molecule has 0 atom stereocenters. The van der Waals surface area contributed by atoms with Gasteiger partial charge in [0.25, 0.3) is 0 Å². The van der Waals surface area contributed by atoms with Gasteiger partial charge in [0.2, 0.25) is 0 Å². The van der Waals surface area contributed by atoms with E-state index in [4.69, 9.17) is 14.4 Å². The maximum atomic E-state index is 6.38. The van der Waals surface area contributed by atoms with Gasteiger partial charge in [0.15, 0.2) is 5.58 Å². The second-order valence-electron chi connectivity index (χ2n) is 16.6. The van der Waals surface area contributed by atoms with Crippen molar-refractivity contribution in [3.05, 3.63) is 120 Å². The van der Waals surface area contributed by atoms with E-state index in [1.54, 1.807) is 0 Å². The summed E-state index contributed by atoms with van der Waals surface area (Å²) < 4.78 is 8.79. The molecule has 1 N–H and O–H groups in total. The van der Waals surface area contributed by atoms with Gasteiger partial charge in [-0.2, -0.15) is 0 Å². The second-order valence-corrected chi connectivity index (χ2v) is 16.6. The zero-order valence-corrected chi connectivity index (χ0v) is 31.2. The number of pyridine rings is 1. The minimum Gasteiger partial charge on any atom is -0.454 e. The number of aromatic nitrogens is 4. The van der Waals surface area contributed by atoms with E-state index in [-0.39, 0.29) is 16.9 Å². The predicted octanol–water partition coefficient (Wildman–Crippen LogP) is 13.1. The van der Waals surface area contributed by atoms with Crippen LogP contribution in [-0.2, 0) is 10.8 Å². The Kier molecular flexibility index (Phi) is 7.08. The zero-order valence-electron chi connectivity index (χ0n) is 31.2. The first-order chi connectivity index (χ1) is 24.9. The zero-order chi connectivity index (χ0) is 36.1. The third-order valence-electron chi connectivity index (χ3n) is 10.7. The standard InChI is InChI=1S/C47H44N4O/c1-27(2)51-39-17-12-16-32(28-13-11-14-29(23-28)41-44-34(21-22-48-41)33-15-9-10-18-40(33)52-44)43(39)50-45(51)37-26-31(47(6,7)8)25-36-35-24-30(46(3,4)5)19-20-38(35)49-42(36)37/h9-27,49H,1-8H3. The number of imidazole rings is 1. The number of furan rings is 1. The van der Waals surface area contributed by atoms with E-state index in [1.165, 1.54) is 21.9 Å². The number of H-pyrrole nitrogens is 1. The molecule has 52 heavy (non-hydrogen) atoms. The second kappa shape index (κ2) is 11.4. The van der Waals surface area contributed by atoms with Crippen molar-refractivity contribution in [1.82, 2.24) is 19.5 Å². The Morgan fingerprint density at radius 2 is 1.40 bits per heavy atom. The van der Waals surface area contributed by atoms with E-state index in [1.807, 2.05) is 24.4 Å². The van der Waals surface area contributed by atoms with Gasteiger partial charge in [-0.05, 0) is 89.9 Å². The molecule has 0 saturated heterocycles. The molecular weight excluding hydrogens is 637 g/mol. The largest absolute Gasteiger partial charge is 0.454 e. The molecule has 0 aliphatic rings. The van der Waals surface area contributed by atoms with Crippen LogP contribution in [0.15, 0.2) is 114 Å². The molecule has 4 heterocycles. The molecule has 9 rings (SSSR count). The number of benzene rings is 5. The number of para-hydroxylation sites is 2. The Morgan fingerprint density at radius 1 is 0.654 bits per heavy atom. The number of rotatable bonds is 4. The maximum Gasteiger partial charge on any atom is 0.161 e. The number of nitrogens with zero attached hydrogens (tertiary/aromatic N) is 3. The minimum atomic E-state index is -0.0504. The summed E-state index contributed by atoms with van der Waals surface area (Å²) in [6.07, 6.45) is 1.88. The van der Waals surface area contributed by atoms with Gasteiger partial charge >= 0.3 is 0 Å². The van der Waals surface area contributed by atoms with Crippen molar-refractivity contribution in [2.75, 3.05) is 0 Å². The van der Waals surface area contributed by atoms with E-state index in [0.29, 0.717) is 0 Å². The van der Waals surface area contributed by atoms with Crippen LogP contribution in [-0.4, -0.2) is 19.5 Å². The van der Waals surface area contributed by atoms with E-state index in [9.17, 15) is 0 Å². The Bertz CT molecular complexity index is 2850. The lowest BCUT2D eigenvalue weighted by Crippen LogP contribution is -2.12. The first-order valence-corrected chi connectivity index (χ1v) is 18.4. The molecule has 0 saturated carbocycles. The molecule has 4 aromatic heterocycles. The normalized spacial score (nSPS) is 12.8.